The zero-order valence-corrected chi connectivity index (χ0v) is 28.6. The molecule has 4 aromatic rings. The summed E-state index contributed by atoms with van der Waals surface area (Å²) >= 11 is 6.57. The average molecular weight is 676 g/mol. The summed E-state index contributed by atoms with van der Waals surface area (Å²) < 4.78 is 35.1. The first-order chi connectivity index (χ1) is 22.6. The highest BCUT2D eigenvalue weighted by Gasteiger charge is 2.35. The number of halogens is 1. The molecule has 0 radical (unpaired) electrons. The lowest BCUT2D eigenvalue weighted by molar-refractivity contribution is -0.140. The Morgan fingerprint density at radius 2 is 1.53 bits per heavy atom. The van der Waals surface area contributed by atoms with E-state index < -0.39 is 28.5 Å². The molecule has 1 N–H and O–H groups in total. The maximum Gasteiger partial charge on any atom is 0.264 e. The van der Waals surface area contributed by atoms with Crippen LogP contribution in [0.15, 0.2) is 108 Å². The lowest BCUT2D eigenvalue weighted by atomic mass is 10.0. The van der Waals surface area contributed by atoms with Crippen molar-refractivity contribution in [3.8, 4) is 5.75 Å². The Bertz CT molecular complexity index is 1720. The second-order valence-electron chi connectivity index (χ2n) is 11.2. The minimum Gasteiger partial charge on any atom is -0.494 e. The third-order valence-electron chi connectivity index (χ3n) is 7.72. The van der Waals surface area contributed by atoms with E-state index in [2.05, 4.69) is 5.32 Å². The van der Waals surface area contributed by atoms with Gasteiger partial charge in [0.2, 0.25) is 11.8 Å². The molecular formula is C37H42ClN3O5S. The highest BCUT2D eigenvalue weighted by Crippen LogP contribution is 2.27. The minimum atomic E-state index is -4.23. The van der Waals surface area contributed by atoms with Gasteiger partial charge in [0.25, 0.3) is 10.0 Å². The zero-order valence-electron chi connectivity index (χ0n) is 27.1. The molecule has 4 rings (SSSR count). The normalized spacial score (nSPS) is 11.8. The number of hydrogen-bond donors (Lipinski definition) is 1. The Kier molecular flexibility index (Phi) is 12.8. The van der Waals surface area contributed by atoms with Crippen LogP contribution in [-0.4, -0.2) is 50.9 Å². The smallest absolute Gasteiger partial charge is 0.264 e. The first-order valence-electron chi connectivity index (χ1n) is 15.8. The van der Waals surface area contributed by atoms with Crippen LogP contribution < -0.4 is 14.4 Å². The van der Waals surface area contributed by atoms with Crippen LogP contribution in [0.5, 0.6) is 5.75 Å². The molecule has 0 saturated heterocycles. The van der Waals surface area contributed by atoms with E-state index in [-0.39, 0.29) is 23.8 Å². The Morgan fingerprint density at radius 3 is 2.17 bits per heavy atom. The Morgan fingerprint density at radius 1 is 0.872 bits per heavy atom. The van der Waals surface area contributed by atoms with Crippen molar-refractivity contribution in [2.75, 3.05) is 24.0 Å². The molecule has 0 fully saturated rings. The number of carbonyl (C=O) groups is 2. The van der Waals surface area contributed by atoms with Crippen LogP contribution in [0.3, 0.4) is 0 Å². The van der Waals surface area contributed by atoms with E-state index in [1.165, 1.54) is 17.0 Å². The second kappa shape index (κ2) is 17.0. The summed E-state index contributed by atoms with van der Waals surface area (Å²) in [6.07, 6.45) is 1.90. The zero-order chi connectivity index (χ0) is 33.8. The number of hydrogen-bond acceptors (Lipinski definition) is 5. The lowest BCUT2D eigenvalue weighted by Crippen LogP contribution is -2.53. The van der Waals surface area contributed by atoms with Crippen molar-refractivity contribution < 1.29 is 22.7 Å². The summed E-state index contributed by atoms with van der Waals surface area (Å²) in [5.41, 5.74) is 2.75. The summed E-state index contributed by atoms with van der Waals surface area (Å²) in [5, 5.41) is 3.43. The van der Waals surface area contributed by atoms with E-state index in [0.717, 1.165) is 28.3 Å². The number of unbranched alkanes of at least 4 members (excludes halogenated alkanes) is 1. The second-order valence-corrected chi connectivity index (χ2v) is 13.5. The van der Waals surface area contributed by atoms with Crippen molar-refractivity contribution in [3.63, 3.8) is 0 Å². The van der Waals surface area contributed by atoms with Gasteiger partial charge < -0.3 is 15.0 Å². The van der Waals surface area contributed by atoms with E-state index in [1.54, 1.807) is 54.6 Å². The maximum absolute atomic E-state index is 14.6. The fourth-order valence-electron chi connectivity index (χ4n) is 5.11. The van der Waals surface area contributed by atoms with Crippen molar-refractivity contribution >= 4 is 39.1 Å². The van der Waals surface area contributed by atoms with Crippen molar-refractivity contribution in [3.05, 3.63) is 125 Å². The summed E-state index contributed by atoms with van der Waals surface area (Å²) in [5.74, 6) is -0.335. The van der Waals surface area contributed by atoms with Gasteiger partial charge in [0.05, 0.1) is 17.2 Å². The van der Waals surface area contributed by atoms with Crippen molar-refractivity contribution in [1.82, 2.24) is 10.2 Å². The molecule has 248 valence electrons. The van der Waals surface area contributed by atoms with E-state index in [4.69, 9.17) is 16.3 Å². The third kappa shape index (κ3) is 9.59. The first-order valence-corrected chi connectivity index (χ1v) is 17.6. The molecule has 0 aliphatic carbocycles. The molecule has 2 amide bonds. The van der Waals surface area contributed by atoms with Crippen LogP contribution in [0.4, 0.5) is 5.69 Å². The van der Waals surface area contributed by atoms with Crippen LogP contribution in [0.2, 0.25) is 5.02 Å². The molecule has 0 heterocycles. The van der Waals surface area contributed by atoms with Gasteiger partial charge in [-0.3, -0.25) is 13.9 Å². The van der Waals surface area contributed by atoms with Crippen LogP contribution >= 0.6 is 11.6 Å². The molecule has 0 aromatic heterocycles. The maximum atomic E-state index is 14.6. The molecule has 0 saturated carbocycles. The standard InChI is InChI=1S/C37H42ClN3O5S/c1-4-6-24-39-37(43)35(25-29-12-8-7-9-13-29)40(26-30-14-10-11-15-34(30)38)36(42)27-41(31-18-16-28(3)17-19-31)47(44,45)33-22-20-32(21-23-33)46-5-2/h7-23,35H,4-6,24-27H2,1-3H3,(H,39,43). The van der Waals surface area contributed by atoms with Crippen LogP contribution in [-0.2, 0) is 32.6 Å². The van der Waals surface area contributed by atoms with Gasteiger partial charge in [-0.05, 0) is 73.9 Å². The monoisotopic (exact) mass is 675 g/mol. The first kappa shape index (κ1) is 35.5. The molecule has 0 spiro atoms. The number of nitrogens with zero attached hydrogens (tertiary/aromatic N) is 2. The minimum absolute atomic E-state index is 0.00203. The molecule has 8 nitrogen and oxygen atoms in total. The molecule has 0 aliphatic heterocycles. The summed E-state index contributed by atoms with van der Waals surface area (Å²) in [6, 6.07) is 28.7. The van der Waals surface area contributed by atoms with E-state index in [1.807, 2.05) is 57.2 Å². The largest absolute Gasteiger partial charge is 0.494 e. The predicted octanol–water partition coefficient (Wildman–Crippen LogP) is 6.80. The third-order valence-corrected chi connectivity index (χ3v) is 9.88. The van der Waals surface area contributed by atoms with Crippen LogP contribution in [0.1, 0.15) is 43.4 Å². The number of ether oxygens (including phenoxy) is 1. The number of amides is 2. The topological polar surface area (TPSA) is 96.0 Å². The predicted molar refractivity (Wildman–Crippen MR) is 187 cm³/mol. The number of carbonyl (C=O) groups excluding carboxylic acids is 2. The van der Waals surface area contributed by atoms with Crippen LogP contribution in [0, 0.1) is 6.92 Å². The number of nitrogens with one attached hydrogen (secondary N) is 1. The quantitative estimate of drug-likeness (QED) is 0.132. The summed E-state index contributed by atoms with van der Waals surface area (Å²) in [4.78, 5) is 29.9. The van der Waals surface area contributed by atoms with E-state index >= 15 is 0 Å². The molecule has 4 aromatic carbocycles. The summed E-state index contributed by atoms with van der Waals surface area (Å²) in [6.45, 7) is 6.13. The van der Waals surface area contributed by atoms with Crippen LogP contribution in [0.25, 0.3) is 0 Å². The van der Waals surface area contributed by atoms with Gasteiger partial charge in [-0.1, -0.05) is 91.2 Å². The number of benzene rings is 4. The highest BCUT2D eigenvalue weighted by atomic mass is 35.5. The van der Waals surface area contributed by atoms with Crippen molar-refractivity contribution in [1.29, 1.82) is 0 Å². The molecule has 0 aliphatic rings. The summed E-state index contributed by atoms with van der Waals surface area (Å²) in [7, 11) is -4.23. The molecule has 1 atom stereocenters. The Balaban J connectivity index is 1.78. The van der Waals surface area contributed by atoms with Gasteiger partial charge in [0.15, 0.2) is 0 Å². The molecular weight excluding hydrogens is 634 g/mol. The van der Waals surface area contributed by atoms with Gasteiger partial charge in [-0.25, -0.2) is 8.42 Å². The SMILES string of the molecule is CCCCNC(=O)C(Cc1ccccc1)N(Cc1ccccc1Cl)C(=O)CN(c1ccc(C)cc1)S(=O)(=O)c1ccc(OCC)cc1. The van der Waals surface area contributed by atoms with Gasteiger partial charge in [0, 0.05) is 24.5 Å². The molecule has 1 unspecified atom stereocenters. The fraction of sp³-hybridized carbons (Fsp3) is 0.297. The highest BCUT2D eigenvalue weighted by molar-refractivity contribution is 7.92. The Labute approximate surface area is 283 Å². The van der Waals surface area contributed by atoms with Crippen molar-refractivity contribution in [2.45, 2.75) is 57.5 Å². The van der Waals surface area contributed by atoms with Crippen molar-refractivity contribution in [2.24, 2.45) is 0 Å². The molecule has 0 bridgehead atoms. The number of rotatable bonds is 16. The number of aryl methyl sites for hydroxylation is 1. The number of anilines is 1. The fourth-order valence-corrected chi connectivity index (χ4v) is 6.72. The Hall–Kier alpha value is -4.34. The van der Waals surface area contributed by atoms with E-state index in [0.29, 0.717) is 35.2 Å². The van der Waals surface area contributed by atoms with E-state index in [9.17, 15) is 18.0 Å². The average Bonchev–Trinajstić information content (AvgIpc) is 3.07. The van der Waals surface area contributed by atoms with Gasteiger partial charge >= 0.3 is 0 Å². The van der Waals surface area contributed by atoms with Gasteiger partial charge in [-0.15, -0.1) is 0 Å². The van der Waals surface area contributed by atoms with Gasteiger partial charge in [0.1, 0.15) is 18.3 Å². The number of sulfonamides is 1. The van der Waals surface area contributed by atoms with Gasteiger partial charge in [-0.2, -0.15) is 0 Å². The molecule has 10 heteroatoms. The molecule has 47 heavy (non-hydrogen) atoms. The lowest BCUT2D eigenvalue weighted by Gasteiger charge is -2.34.